The van der Waals surface area contributed by atoms with Gasteiger partial charge in [-0.25, -0.2) is 4.68 Å². The van der Waals surface area contributed by atoms with Gasteiger partial charge in [-0.2, -0.15) is 0 Å². The Labute approximate surface area is 116 Å². The van der Waals surface area contributed by atoms with Crippen LogP contribution in [-0.2, 0) is 13.2 Å². The van der Waals surface area contributed by atoms with Crippen LogP contribution in [0.2, 0.25) is 0 Å². The number of hydrogen-bond donors (Lipinski definition) is 2. The fourth-order valence-corrected chi connectivity index (χ4v) is 1.97. The highest BCUT2D eigenvalue weighted by atomic mass is 16.5. The van der Waals surface area contributed by atoms with E-state index in [9.17, 15) is 5.11 Å². The first kappa shape index (κ1) is 14.3. The zero-order chi connectivity index (χ0) is 14.5. The van der Waals surface area contributed by atoms with E-state index >= 15 is 0 Å². The summed E-state index contributed by atoms with van der Waals surface area (Å²) in [4.78, 5) is 0. The third kappa shape index (κ3) is 2.73. The summed E-state index contributed by atoms with van der Waals surface area (Å²) in [6, 6.07) is 5.35. The second-order valence-electron chi connectivity index (χ2n) is 4.09. The Hall–Kier alpha value is -2.12. The van der Waals surface area contributed by atoms with Crippen LogP contribution in [0.25, 0.3) is 11.3 Å². The molecule has 0 amide bonds. The first-order chi connectivity index (χ1) is 9.73. The van der Waals surface area contributed by atoms with Crippen molar-refractivity contribution in [3.05, 3.63) is 23.9 Å². The Morgan fingerprint density at radius 1 is 1.10 bits per heavy atom. The Balaban J connectivity index is 2.56. The number of methoxy groups -OCH3 is 2. The molecule has 0 aliphatic rings. The molecule has 0 atom stereocenters. The molecule has 0 fully saturated rings. The van der Waals surface area contributed by atoms with E-state index in [2.05, 4.69) is 10.3 Å². The number of benzene rings is 1. The molecule has 0 unspecified atom stereocenters. The van der Waals surface area contributed by atoms with Gasteiger partial charge in [0, 0.05) is 11.6 Å². The molecule has 0 aliphatic heterocycles. The number of aliphatic hydroxyl groups excluding tert-OH is 2. The summed E-state index contributed by atoms with van der Waals surface area (Å²) in [7, 11) is 3.13. The molecule has 1 aromatic carbocycles. The van der Waals surface area contributed by atoms with Gasteiger partial charge < -0.3 is 19.7 Å². The number of aliphatic hydroxyl groups is 2. The van der Waals surface area contributed by atoms with Crippen molar-refractivity contribution in [3.63, 3.8) is 0 Å². The number of aromatic nitrogens is 3. The van der Waals surface area contributed by atoms with Crippen LogP contribution in [0.3, 0.4) is 0 Å². The highest BCUT2D eigenvalue weighted by Gasteiger charge is 2.16. The summed E-state index contributed by atoms with van der Waals surface area (Å²) < 4.78 is 12.0. The summed E-state index contributed by atoms with van der Waals surface area (Å²) in [5.74, 6) is 1.25. The van der Waals surface area contributed by atoms with Crippen LogP contribution in [0.5, 0.6) is 11.5 Å². The van der Waals surface area contributed by atoms with Gasteiger partial charge in [0.05, 0.1) is 39.7 Å². The average Bonchev–Trinajstić information content (AvgIpc) is 2.89. The van der Waals surface area contributed by atoms with Crippen LogP contribution in [0.1, 0.15) is 5.69 Å². The largest absolute Gasteiger partial charge is 0.497 e. The molecule has 0 bridgehead atoms. The fourth-order valence-electron chi connectivity index (χ4n) is 1.97. The lowest BCUT2D eigenvalue weighted by Crippen LogP contribution is -2.06. The highest BCUT2D eigenvalue weighted by Crippen LogP contribution is 2.31. The van der Waals surface area contributed by atoms with E-state index in [0.717, 1.165) is 5.56 Å². The maximum atomic E-state index is 9.37. The smallest absolute Gasteiger partial charge is 0.123 e. The molecule has 2 N–H and O–H groups in total. The Morgan fingerprint density at radius 3 is 2.25 bits per heavy atom. The van der Waals surface area contributed by atoms with Crippen molar-refractivity contribution in [1.82, 2.24) is 15.0 Å². The van der Waals surface area contributed by atoms with Gasteiger partial charge in [0.25, 0.3) is 0 Å². The molecule has 1 heterocycles. The number of rotatable bonds is 6. The van der Waals surface area contributed by atoms with Crippen molar-refractivity contribution >= 4 is 0 Å². The van der Waals surface area contributed by atoms with Gasteiger partial charge in [-0.15, -0.1) is 5.10 Å². The van der Waals surface area contributed by atoms with Crippen LogP contribution in [0.4, 0.5) is 0 Å². The molecule has 1 aromatic heterocycles. The summed E-state index contributed by atoms with van der Waals surface area (Å²) in [6.07, 6.45) is 0. The maximum absolute atomic E-state index is 9.37. The summed E-state index contributed by atoms with van der Waals surface area (Å²) in [6.45, 7) is -0.00945. The van der Waals surface area contributed by atoms with Crippen molar-refractivity contribution in [2.75, 3.05) is 20.8 Å². The van der Waals surface area contributed by atoms with Crippen molar-refractivity contribution in [3.8, 4) is 22.8 Å². The quantitative estimate of drug-likeness (QED) is 0.798. The minimum atomic E-state index is -0.236. The van der Waals surface area contributed by atoms with E-state index < -0.39 is 0 Å². The lowest BCUT2D eigenvalue weighted by Gasteiger charge is -2.10. The Morgan fingerprint density at radius 2 is 1.75 bits per heavy atom. The third-order valence-electron chi connectivity index (χ3n) is 2.89. The zero-order valence-corrected chi connectivity index (χ0v) is 11.4. The number of nitrogens with zero attached hydrogens (tertiary/aromatic N) is 3. The molecule has 0 spiro atoms. The molecule has 0 aliphatic carbocycles. The molecule has 7 heteroatoms. The van der Waals surface area contributed by atoms with E-state index in [-0.39, 0.29) is 13.2 Å². The van der Waals surface area contributed by atoms with Gasteiger partial charge in [-0.05, 0) is 12.1 Å². The predicted molar refractivity (Wildman–Crippen MR) is 71.6 cm³/mol. The second-order valence-corrected chi connectivity index (χ2v) is 4.09. The molecule has 0 saturated carbocycles. The Bertz CT molecular complexity index is 561. The number of hydrogen-bond acceptors (Lipinski definition) is 6. The molecule has 2 aromatic rings. The second kappa shape index (κ2) is 6.36. The molecule has 108 valence electrons. The SMILES string of the molecule is COc1cc(OC)cc(-c2c(CO)nnn2CCO)c1. The molecule has 2 rings (SSSR count). The summed E-state index contributed by atoms with van der Waals surface area (Å²) in [5, 5.41) is 26.3. The van der Waals surface area contributed by atoms with Crippen LogP contribution in [-0.4, -0.2) is 46.0 Å². The van der Waals surface area contributed by atoms with Gasteiger partial charge >= 0.3 is 0 Å². The van der Waals surface area contributed by atoms with Gasteiger partial charge in [0.1, 0.15) is 17.2 Å². The van der Waals surface area contributed by atoms with E-state index in [1.54, 1.807) is 37.1 Å². The highest BCUT2D eigenvalue weighted by molar-refractivity contribution is 5.66. The van der Waals surface area contributed by atoms with E-state index in [1.807, 2.05) is 0 Å². The van der Waals surface area contributed by atoms with Crippen molar-refractivity contribution < 1.29 is 19.7 Å². The van der Waals surface area contributed by atoms with Gasteiger partial charge in [0.2, 0.25) is 0 Å². The first-order valence-corrected chi connectivity index (χ1v) is 6.11. The maximum Gasteiger partial charge on any atom is 0.123 e. The van der Waals surface area contributed by atoms with Crippen LogP contribution < -0.4 is 9.47 Å². The Kier molecular flexibility index (Phi) is 4.54. The van der Waals surface area contributed by atoms with Crippen molar-refractivity contribution in [1.29, 1.82) is 0 Å². The normalized spacial score (nSPS) is 10.6. The molecular weight excluding hydrogens is 262 g/mol. The molecule has 7 nitrogen and oxygen atoms in total. The average molecular weight is 279 g/mol. The van der Waals surface area contributed by atoms with E-state index in [0.29, 0.717) is 29.4 Å². The third-order valence-corrected chi connectivity index (χ3v) is 2.89. The zero-order valence-electron chi connectivity index (χ0n) is 11.4. The fraction of sp³-hybridized carbons (Fsp3) is 0.385. The monoisotopic (exact) mass is 279 g/mol. The minimum absolute atomic E-state index is 0.0671. The lowest BCUT2D eigenvalue weighted by atomic mass is 10.1. The molecular formula is C13H17N3O4. The molecule has 0 radical (unpaired) electrons. The van der Waals surface area contributed by atoms with Crippen molar-refractivity contribution in [2.45, 2.75) is 13.2 Å². The summed E-state index contributed by atoms with van der Waals surface area (Å²) >= 11 is 0. The van der Waals surface area contributed by atoms with Crippen molar-refractivity contribution in [2.24, 2.45) is 0 Å². The van der Waals surface area contributed by atoms with E-state index in [4.69, 9.17) is 14.6 Å². The minimum Gasteiger partial charge on any atom is -0.497 e. The van der Waals surface area contributed by atoms with Gasteiger partial charge in [-0.1, -0.05) is 5.21 Å². The lowest BCUT2D eigenvalue weighted by molar-refractivity contribution is 0.268. The topological polar surface area (TPSA) is 89.6 Å². The first-order valence-electron chi connectivity index (χ1n) is 6.11. The van der Waals surface area contributed by atoms with E-state index in [1.165, 1.54) is 0 Å². The van der Waals surface area contributed by atoms with Crippen LogP contribution in [0.15, 0.2) is 18.2 Å². The molecule has 0 saturated heterocycles. The standard InChI is InChI=1S/C13H17N3O4/c1-19-10-5-9(6-11(7-10)20-2)13-12(8-18)14-15-16(13)3-4-17/h5-7,17-18H,3-4,8H2,1-2H3. The number of ether oxygens (including phenoxy) is 2. The van der Waals surface area contributed by atoms with Gasteiger partial charge in [0.15, 0.2) is 0 Å². The molecule has 20 heavy (non-hydrogen) atoms. The van der Waals surface area contributed by atoms with Crippen LogP contribution >= 0.6 is 0 Å². The van der Waals surface area contributed by atoms with Crippen LogP contribution in [0, 0.1) is 0 Å². The predicted octanol–water partition coefficient (Wildman–Crippen LogP) is 0.447. The summed E-state index contributed by atoms with van der Waals surface area (Å²) in [5.41, 5.74) is 1.83. The van der Waals surface area contributed by atoms with Gasteiger partial charge in [-0.3, -0.25) is 0 Å².